The van der Waals surface area contributed by atoms with E-state index in [1.165, 1.54) is 5.01 Å². The molecule has 1 unspecified atom stereocenters. The van der Waals surface area contributed by atoms with Crippen LogP contribution in [0.5, 0.6) is 11.5 Å². The molecule has 2 aliphatic rings. The van der Waals surface area contributed by atoms with Crippen LogP contribution in [0.3, 0.4) is 0 Å². The predicted octanol–water partition coefficient (Wildman–Crippen LogP) is 2.70. The Bertz CT molecular complexity index is 944. The summed E-state index contributed by atoms with van der Waals surface area (Å²) < 4.78 is 11.6. The molecule has 2 aliphatic heterocycles. The average molecular weight is 407 g/mol. The Labute approximate surface area is 175 Å². The van der Waals surface area contributed by atoms with Gasteiger partial charge in [0.2, 0.25) is 11.8 Å². The maximum Gasteiger partial charge on any atom is 0.243 e. The molecule has 4 rings (SSSR count). The van der Waals surface area contributed by atoms with E-state index in [-0.39, 0.29) is 30.8 Å². The molecule has 7 nitrogen and oxygen atoms in total. The minimum Gasteiger partial charge on any atom is -0.486 e. The SMILES string of the molecule is CN(CC1COc2ccccc2O1)C(=O)CCC(=O)N1CCC(c2ccccc2)=N1. The van der Waals surface area contributed by atoms with Gasteiger partial charge in [0.25, 0.3) is 0 Å². The fourth-order valence-corrected chi connectivity index (χ4v) is 3.56. The summed E-state index contributed by atoms with van der Waals surface area (Å²) in [5, 5.41) is 5.91. The molecule has 0 radical (unpaired) electrons. The number of hydrogen-bond acceptors (Lipinski definition) is 5. The molecule has 156 valence electrons. The number of carbonyl (C=O) groups excluding carboxylic acids is 2. The molecule has 0 aromatic heterocycles. The lowest BCUT2D eigenvalue weighted by molar-refractivity contribution is -0.136. The second-order valence-electron chi connectivity index (χ2n) is 7.45. The summed E-state index contributed by atoms with van der Waals surface area (Å²) in [6.07, 6.45) is 0.775. The highest BCUT2D eigenvalue weighted by Crippen LogP contribution is 2.31. The van der Waals surface area contributed by atoms with Crippen molar-refractivity contribution in [3.63, 3.8) is 0 Å². The van der Waals surface area contributed by atoms with Crippen LogP contribution in [0, 0.1) is 0 Å². The zero-order valence-electron chi connectivity index (χ0n) is 17.0. The Morgan fingerprint density at radius 3 is 2.60 bits per heavy atom. The van der Waals surface area contributed by atoms with Crippen molar-refractivity contribution in [3.05, 3.63) is 60.2 Å². The zero-order chi connectivity index (χ0) is 20.9. The highest BCUT2D eigenvalue weighted by Gasteiger charge is 2.25. The zero-order valence-corrected chi connectivity index (χ0v) is 17.0. The Hall–Kier alpha value is -3.35. The number of amides is 2. The largest absolute Gasteiger partial charge is 0.486 e. The molecule has 0 fully saturated rings. The van der Waals surface area contributed by atoms with E-state index in [1.807, 2.05) is 54.6 Å². The second-order valence-corrected chi connectivity index (χ2v) is 7.45. The van der Waals surface area contributed by atoms with Gasteiger partial charge in [0.05, 0.1) is 18.8 Å². The van der Waals surface area contributed by atoms with E-state index >= 15 is 0 Å². The van der Waals surface area contributed by atoms with Gasteiger partial charge in [0.15, 0.2) is 17.6 Å². The van der Waals surface area contributed by atoms with Crippen LogP contribution in [0.25, 0.3) is 0 Å². The molecule has 2 aromatic carbocycles. The lowest BCUT2D eigenvalue weighted by Crippen LogP contribution is -2.42. The summed E-state index contributed by atoms with van der Waals surface area (Å²) >= 11 is 0. The number of ether oxygens (including phenoxy) is 2. The van der Waals surface area contributed by atoms with E-state index in [0.29, 0.717) is 25.4 Å². The number of likely N-dealkylation sites (N-methyl/N-ethyl adjacent to an activating group) is 1. The van der Waals surface area contributed by atoms with Crippen molar-refractivity contribution < 1.29 is 19.1 Å². The third-order valence-corrected chi connectivity index (χ3v) is 5.22. The number of fused-ring (bicyclic) bond motifs is 1. The van der Waals surface area contributed by atoms with Gasteiger partial charge in [0, 0.05) is 26.3 Å². The Kier molecular flexibility index (Phi) is 5.97. The highest BCUT2D eigenvalue weighted by molar-refractivity contribution is 6.02. The van der Waals surface area contributed by atoms with Crippen LogP contribution in [0.2, 0.25) is 0 Å². The molecule has 0 spiro atoms. The molecule has 0 bridgehead atoms. The van der Waals surface area contributed by atoms with Crippen LogP contribution < -0.4 is 9.47 Å². The van der Waals surface area contributed by atoms with Gasteiger partial charge in [-0.1, -0.05) is 42.5 Å². The number of benzene rings is 2. The van der Waals surface area contributed by atoms with Gasteiger partial charge in [0.1, 0.15) is 6.61 Å². The Morgan fingerprint density at radius 1 is 1.07 bits per heavy atom. The van der Waals surface area contributed by atoms with E-state index in [0.717, 1.165) is 23.4 Å². The smallest absolute Gasteiger partial charge is 0.243 e. The van der Waals surface area contributed by atoms with Crippen LogP contribution in [0.4, 0.5) is 0 Å². The highest BCUT2D eigenvalue weighted by atomic mass is 16.6. The molecule has 2 aromatic rings. The molecule has 7 heteroatoms. The van der Waals surface area contributed by atoms with Gasteiger partial charge in [-0.25, -0.2) is 5.01 Å². The maximum atomic E-state index is 12.5. The number of nitrogens with zero attached hydrogens (tertiary/aromatic N) is 3. The summed E-state index contributed by atoms with van der Waals surface area (Å²) in [4.78, 5) is 26.6. The first-order valence-corrected chi connectivity index (χ1v) is 10.2. The predicted molar refractivity (Wildman–Crippen MR) is 113 cm³/mol. The van der Waals surface area contributed by atoms with E-state index in [2.05, 4.69) is 5.10 Å². The van der Waals surface area contributed by atoms with Crippen molar-refractivity contribution in [1.82, 2.24) is 9.91 Å². The first-order valence-electron chi connectivity index (χ1n) is 10.2. The first kappa shape index (κ1) is 19.9. The third-order valence-electron chi connectivity index (χ3n) is 5.22. The van der Waals surface area contributed by atoms with Crippen LogP contribution in [-0.4, -0.2) is 60.3 Å². The number of rotatable bonds is 6. The normalized spacial score (nSPS) is 17.4. The number of para-hydroxylation sites is 2. The van der Waals surface area contributed by atoms with E-state index in [9.17, 15) is 9.59 Å². The number of hydrogen-bond donors (Lipinski definition) is 0. The second kappa shape index (κ2) is 8.98. The van der Waals surface area contributed by atoms with Gasteiger partial charge in [-0.15, -0.1) is 0 Å². The van der Waals surface area contributed by atoms with Gasteiger partial charge < -0.3 is 14.4 Å². The average Bonchev–Trinajstić information content (AvgIpc) is 3.28. The van der Waals surface area contributed by atoms with Crippen molar-refractivity contribution in [3.8, 4) is 11.5 Å². The standard InChI is InChI=1S/C23H25N3O4/c1-25(15-18-16-29-20-9-5-6-10-21(20)30-18)22(27)11-12-23(28)26-14-13-19(24-26)17-7-3-2-4-8-17/h2-10,18H,11-16H2,1H3. The lowest BCUT2D eigenvalue weighted by atomic mass is 10.1. The fraction of sp³-hybridized carbons (Fsp3) is 0.348. The molecular formula is C23H25N3O4. The van der Waals surface area contributed by atoms with Gasteiger partial charge >= 0.3 is 0 Å². The van der Waals surface area contributed by atoms with Gasteiger partial charge in [-0.2, -0.15) is 5.10 Å². The van der Waals surface area contributed by atoms with Crippen LogP contribution >= 0.6 is 0 Å². The number of carbonyl (C=O) groups is 2. The minimum atomic E-state index is -0.235. The molecule has 1 atom stereocenters. The Balaban J connectivity index is 1.24. The van der Waals surface area contributed by atoms with Crippen molar-refractivity contribution in [2.45, 2.75) is 25.4 Å². The fourth-order valence-electron chi connectivity index (χ4n) is 3.56. The van der Waals surface area contributed by atoms with Crippen molar-refractivity contribution >= 4 is 17.5 Å². The topological polar surface area (TPSA) is 71.4 Å². The molecule has 0 aliphatic carbocycles. The van der Waals surface area contributed by atoms with Crippen LogP contribution in [0.15, 0.2) is 59.7 Å². The summed E-state index contributed by atoms with van der Waals surface area (Å²) in [6.45, 7) is 1.35. The van der Waals surface area contributed by atoms with Gasteiger partial charge in [-0.3, -0.25) is 9.59 Å². The summed E-state index contributed by atoms with van der Waals surface area (Å²) in [5.41, 5.74) is 1.93. The molecule has 2 amide bonds. The van der Waals surface area contributed by atoms with Crippen LogP contribution in [0.1, 0.15) is 24.8 Å². The Morgan fingerprint density at radius 2 is 1.80 bits per heavy atom. The van der Waals surface area contributed by atoms with Gasteiger partial charge in [-0.05, 0) is 17.7 Å². The minimum absolute atomic E-state index is 0.0998. The maximum absolute atomic E-state index is 12.5. The monoisotopic (exact) mass is 407 g/mol. The molecule has 2 heterocycles. The summed E-state index contributed by atoms with van der Waals surface area (Å²) in [6, 6.07) is 17.3. The van der Waals surface area contributed by atoms with Crippen molar-refractivity contribution in [1.29, 1.82) is 0 Å². The summed E-state index contributed by atoms with van der Waals surface area (Å²) in [7, 11) is 1.72. The van der Waals surface area contributed by atoms with E-state index in [1.54, 1.807) is 11.9 Å². The van der Waals surface area contributed by atoms with E-state index < -0.39 is 0 Å². The molecular weight excluding hydrogens is 382 g/mol. The van der Waals surface area contributed by atoms with Crippen molar-refractivity contribution in [2.75, 3.05) is 26.7 Å². The molecule has 30 heavy (non-hydrogen) atoms. The molecule has 0 saturated heterocycles. The molecule has 0 N–H and O–H groups in total. The first-order chi connectivity index (χ1) is 14.6. The van der Waals surface area contributed by atoms with Crippen molar-refractivity contribution in [2.24, 2.45) is 5.10 Å². The molecule has 0 saturated carbocycles. The lowest BCUT2D eigenvalue weighted by Gasteiger charge is -2.29. The van der Waals surface area contributed by atoms with Crippen LogP contribution in [-0.2, 0) is 9.59 Å². The van der Waals surface area contributed by atoms with E-state index in [4.69, 9.17) is 9.47 Å². The summed E-state index contributed by atoms with van der Waals surface area (Å²) in [5.74, 6) is 1.17. The quantitative estimate of drug-likeness (QED) is 0.738. The third kappa shape index (κ3) is 4.62. The number of hydrazone groups is 1.